The van der Waals surface area contributed by atoms with E-state index in [1.165, 1.54) is 19.4 Å². The van der Waals surface area contributed by atoms with E-state index in [9.17, 15) is 0 Å². The third-order valence-corrected chi connectivity index (χ3v) is 0. The Labute approximate surface area is 97.4 Å². The van der Waals surface area contributed by atoms with Crippen molar-refractivity contribution in [1.29, 1.82) is 0 Å². The first kappa shape index (κ1) is 80.3. The zero-order valence-corrected chi connectivity index (χ0v) is 10.5. The van der Waals surface area contributed by atoms with Gasteiger partial charge in [-0.3, -0.25) is 0 Å². The van der Waals surface area contributed by atoms with Crippen LogP contribution in [0.15, 0.2) is 0 Å². The molecule has 0 atom stereocenters. The van der Waals surface area contributed by atoms with Crippen molar-refractivity contribution in [3.8, 4) is 0 Å². The standard InChI is InChI=1S/6ClH.H2N.Re/h6*1H;1H2;/q;;;;;;-1;+7/p-6. The van der Waals surface area contributed by atoms with Gasteiger partial charge in [0.2, 0.25) is 0 Å². The summed E-state index contributed by atoms with van der Waals surface area (Å²) in [6.45, 7) is 0. The van der Waals surface area contributed by atoms with Gasteiger partial charge >= 0.3 is 23.8 Å². The molecule has 0 aromatic rings. The molecule has 0 rings (SSSR count). The second-order valence-electron chi connectivity index (χ2n) is 0. The molecule has 8 heavy (non-hydrogen) atoms. The summed E-state index contributed by atoms with van der Waals surface area (Å²) in [4.78, 5) is 0. The number of nitrogens with two attached hydrogens (primary N) is 1. The zero-order chi connectivity index (χ0) is 2.00. The Morgan fingerprint density at radius 1 is 0.500 bits per heavy atom. The van der Waals surface area contributed by atoms with Gasteiger partial charge < -0.3 is 74.4 Å². The fourth-order valence-electron chi connectivity index (χ4n) is 0. The molecule has 0 aromatic heterocycles. The summed E-state index contributed by atoms with van der Waals surface area (Å²) >= 11 is 1.22. The van der Waals surface area contributed by atoms with Gasteiger partial charge in [-0.1, -0.05) is 0 Å². The summed E-state index contributed by atoms with van der Waals surface area (Å²) in [7, 11) is 0. The predicted molar refractivity (Wildman–Crippen MR) is 4.19 cm³/mol. The third kappa shape index (κ3) is 81.2. The Morgan fingerprint density at radius 2 is 0.500 bits per heavy atom. The van der Waals surface area contributed by atoms with Gasteiger partial charge in [-0.15, -0.1) is 0 Å². The molecule has 0 spiro atoms. The second-order valence-corrected chi connectivity index (χ2v) is 0. The van der Waals surface area contributed by atoms with E-state index >= 15 is 0 Å². The molecule has 56 valence electrons. The van der Waals surface area contributed by atoms with Crippen LogP contribution in [0.3, 0.4) is 0 Å². The maximum atomic E-state index is 4.56. The van der Waals surface area contributed by atoms with Crippen molar-refractivity contribution in [3.63, 3.8) is 0 Å². The van der Waals surface area contributed by atoms with Crippen molar-refractivity contribution < 1.29 is 93.9 Å². The molecule has 8 heteroatoms. The molecule has 0 radical (unpaired) electrons. The van der Waals surface area contributed by atoms with Gasteiger partial charge in [-0.05, 0) is 0 Å². The average Bonchev–Trinajstić information content (AvgIpc) is 1.00. The van der Waals surface area contributed by atoms with Crippen LogP contribution >= 0.6 is 0 Å². The fraction of sp³-hybridized carbons (Fsp3) is 0. The van der Waals surface area contributed by atoms with Gasteiger partial charge in [0.1, 0.15) is 0 Å². The Kier molecular flexibility index (Phi) is 1180. The normalized spacial score (nSPS) is 0.875. The van der Waals surface area contributed by atoms with Crippen molar-refractivity contribution in [2.75, 3.05) is 0 Å². The minimum absolute atomic E-state index is 0. The molecule has 0 aliphatic carbocycles. The molecule has 0 saturated heterocycles. The maximum absolute atomic E-state index is 4.56. The van der Waals surface area contributed by atoms with Crippen molar-refractivity contribution in [3.05, 3.63) is 0 Å². The molecule has 0 unspecified atom stereocenters. The number of halogens is 6. The van der Waals surface area contributed by atoms with Crippen molar-refractivity contribution in [1.82, 2.24) is 0 Å². The van der Waals surface area contributed by atoms with E-state index in [-0.39, 0.29) is 74.4 Å². The molecule has 0 heterocycles. The number of hydrogen-bond donors (Lipinski definition) is 1. The SMILES string of the molecule is [Cl-].[Cl-].[Cl-].[Cl-].[Cl-].[Cl-].[NH2][Re+6]. The van der Waals surface area contributed by atoms with Gasteiger partial charge in [-0.25, -0.2) is 0 Å². The molecule has 0 amide bonds. The van der Waals surface area contributed by atoms with Crippen LogP contribution in [0.1, 0.15) is 0 Å². The fourth-order valence-corrected chi connectivity index (χ4v) is 0. The second kappa shape index (κ2) is 117. The summed E-state index contributed by atoms with van der Waals surface area (Å²) in [5.41, 5.74) is 0. The molecule has 0 aliphatic rings. The quantitative estimate of drug-likeness (QED) is 0.418. The summed E-state index contributed by atoms with van der Waals surface area (Å²) in [6.07, 6.45) is 0. The van der Waals surface area contributed by atoms with Crippen molar-refractivity contribution >= 4 is 0 Å². The topological polar surface area (TPSA) is 26.0 Å². The summed E-state index contributed by atoms with van der Waals surface area (Å²) < 4.78 is 4.56. The summed E-state index contributed by atoms with van der Waals surface area (Å²) in [5, 5.41) is 0. The van der Waals surface area contributed by atoms with Crippen LogP contribution in [0.25, 0.3) is 0 Å². The molecule has 0 fully saturated rings. The van der Waals surface area contributed by atoms with E-state index in [0.717, 1.165) is 0 Å². The molecule has 0 aromatic carbocycles. The molecule has 0 bridgehead atoms. The Bertz CT molecular complexity index is 8.49. The predicted octanol–water partition coefficient (Wildman–Crippen LogP) is -18.6. The van der Waals surface area contributed by atoms with E-state index in [1.807, 2.05) is 0 Å². The van der Waals surface area contributed by atoms with E-state index < -0.39 is 0 Å². The molecular formula is H2Cl6NRe. The molecule has 0 aliphatic heterocycles. The average molecular weight is 415 g/mol. The molecule has 2 N–H and O–H groups in total. The first-order chi connectivity index (χ1) is 1.00. The van der Waals surface area contributed by atoms with Crippen LogP contribution in [0.4, 0.5) is 0 Å². The van der Waals surface area contributed by atoms with Gasteiger partial charge in [-0.2, -0.15) is 0 Å². The third-order valence-electron chi connectivity index (χ3n) is 0. The summed E-state index contributed by atoms with van der Waals surface area (Å²) in [6, 6.07) is 0. The minimum atomic E-state index is 0. The van der Waals surface area contributed by atoms with E-state index in [4.69, 9.17) is 0 Å². The van der Waals surface area contributed by atoms with E-state index in [0.29, 0.717) is 0 Å². The number of hydrogen-bond acceptors (Lipinski definition) is 1. The van der Waals surface area contributed by atoms with Crippen LogP contribution in [0.5, 0.6) is 0 Å². The van der Waals surface area contributed by atoms with Crippen molar-refractivity contribution in [2.24, 2.45) is 4.37 Å². The molecule has 1 nitrogen and oxygen atoms in total. The van der Waals surface area contributed by atoms with Gasteiger partial charge in [0.05, 0.1) is 0 Å². The van der Waals surface area contributed by atoms with Gasteiger partial charge in [0.25, 0.3) is 0 Å². The van der Waals surface area contributed by atoms with Crippen LogP contribution in [0, 0.1) is 0 Å². The van der Waals surface area contributed by atoms with Gasteiger partial charge in [0.15, 0.2) is 0 Å². The monoisotopic (exact) mass is 413 g/mol. The Morgan fingerprint density at radius 3 is 0.500 bits per heavy atom. The van der Waals surface area contributed by atoms with Gasteiger partial charge in [0, 0.05) is 0 Å². The number of rotatable bonds is 0. The first-order valence-corrected chi connectivity index (χ1v) is 1.79. The zero-order valence-electron chi connectivity index (χ0n) is 3.22. The first-order valence-electron chi connectivity index (χ1n) is 0.218. The van der Waals surface area contributed by atoms with Crippen LogP contribution < -0.4 is 78.8 Å². The summed E-state index contributed by atoms with van der Waals surface area (Å²) in [5.74, 6) is 0. The van der Waals surface area contributed by atoms with E-state index in [2.05, 4.69) is 4.37 Å². The Balaban J connectivity index is -0.000000000333. The molecule has 0 saturated carbocycles. The van der Waals surface area contributed by atoms with Crippen LogP contribution in [0.2, 0.25) is 0 Å². The molecular weight excluding hydrogens is 413 g/mol. The Hall–Kier alpha value is 2.36. The van der Waals surface area contributed by atoms with Crippen molar-refractivity contribution in [2.45, 2.75) is 0 Å². The van der Waals surface area contributed by atoms with E-state index in [1.54, 1.807) is 0 Å². The van der Waals surface area contributed by atoms with Crippen LogP contribution in [-0.2, 0) is 19.4 Å². The van der Waals surface area contributed by atoms with Crippen LogP contribution in [-0.4, -0.2) is 0 Å².